The molecule has 0 radical (unpaired) electrons. The molecule has 1 aromatic carbocycles. The number of benzene rings is 1. The summed E-state index contributed by atoms with van der Waals surface area (Å²) in [5.74, 6) is -1.27. The number of hydrogen-bond donors (Lipinski definition) is 2. The van der Waals surface area contributed by atoms with Gasteiger partial charge in [0.1, 0.15) is 11.6 Å². The lowest BCUT2D eigenvalue weighted by molar-refractivity contribution is -0.117. The molecule has 1 heterocycles. The third-order valence-electron chi connectivity index (χ3n) is 3.16. The van der Waals surface area contributed by atoms with Gasteiger partial charge in [0.15, 0.2) is 0 Å². The fourth-order valence-corrected chi connectivity index (χ4v) is 2.50. The first-order valence-electron chi connectivity index (χ1n) is 6.21. The SMILES string of the molecule is O=C(CC1CCCNC1)Nc1cc(F)c(Br)cc1F. The molecule has 1 unspecified atom stereocenters. The fraction of sp³-hybridized carbons (Fsp3) is 0.462. The number of piperidine rings is 1. The molecule has 1 aliphatic rings. The molecule has 0 aromatic heterocycles. The third kappa shape index (κ3) is 3.98. The molecule has 2 N–H and O–H groups in total. The molecule has 1 aromatic rings. The van der Waals surface area contributed by atoms with Crippen LogP contribution in [-0.2, 0) is 4.79 Å². The highest BCUT2D eigenvalue weighted by Gasteiger charge is 2.18. The highest BCUT2D eigenvalue weighted by atomic mass is 79.9. The number of carbonyl (C=O) groups is 1. The Bertz CT molecular complexity index is 476. The average molecular weight is 333 g/mol. The number of amides is 1. The minimum absolute atomic E-state index is 0.0412. The molecule has 1 atom stereocenters. The van der Waals surface area contributed by atoms with Crippen LogP contribution < -0.4 is 10.6 Å². The van der Waals surface area contributed by atoms with Crippen LogP contribution in [-0.4, -0.2) is 19.0 Å². The van der Waals surface area contributed by atoms with E-state index in [9.17, 15) is 13.6 Å². The summed E-state index contributed by atoms with van der Waals surface area (Å²) in [4.78, 5) is 11.8. The molecule has 1 fully saturated rings. The van der Waals surface area contributed by atoms with Crippen molar-refractivity contribution in [2.24, 2.45) is 5.92 Å². The van der Waals surface area contributed by atoms with E-state index in [0.717, 1.165) is 38.1 Å². The molecule has 0 spiro atoms. The summed E-state index contributed by atoms with van der Waals surface area (Å²) in [5.41, 5.74) is -0.116. The summed E-state index contributed by atoms with van der Waals surface area (Å²) in [6.45, 7) is 1.77. The van der Waals surface area contributed by atoms with E-state index in [4.69, 9.17) is 0 Å². The first-order valence-corrected chi connectivity index (χ1v) is 7.00. The largest absolute Gasteiger partial charge is 0.324 e. The van der Waals surface area contributed by atoms with Gasteiger partial charge in [-0.3, -0.25) is 4.79 Å². The van der Waals surface area contributed by atoms with Crippen LogP contribution in [0.25, 0.3) is 0 Å². The van der Waals surface area contributed by atoms with E-state index in [-0.39, 0.29) is 22.0 Å². The standard InChI is InChI=1S/C13H15BrF2N2O/c14-9-5-11(16)12(6-10(9)15)18-13(19)4-8-2-1-3-17-7-8/h5-6,8,17H,1-4,7H2,(H,18,19). The van der Waals surface area contributed by atoms with Gasteiger partial charge in [0.05, 0.1) is 10.2 Å². The van der Waals surface area contributed by atoms with Gasteiger partial charge in [-0.2, -0.15) is 0 Å². The Morgan fingerprint density at radius 1 is 1.42 bits per heavy atom. The van der Waals surface area contributed by atoms with Crippen LogP contribution in [0, 0.1) is 17.6 Å². The van der Waals surface area contributed by atoms with Crippen molar-refractivity contribution in [3.05, 3.63) is 28.2 Å². The number of hydrogen-bond acceptors (Lipinski definition) is 2. The number of anilines is 1. The van der Waals surface area contributed by atoms with Crippen molar-refractivity contribution in [2.75, 3.05) is 18.4 Å². The van der Waals surface area contributed by atoms with E-state index >= 15 is 0 Å². The van der Waals surface area contributed by atoms with Crippen LogP contribution in [0.4, 0.5) is 14.5 Å². The third-order valence-corrected chi connectivity index (χ3v) is 3.76. The highest BCUT2D eigenvalue weighted by Crippen LogP contribution is 2.24. The van der Waals surface area contributed by atoms with Crippen molar-refractivity contribution in [1.29, 1.82) is 0 Å². The van der Waals surface area contributed by atoms with E-state index < -0.39 is 11.6 Å². The van der Waals surface area contributed by atoms with E-state index in [1.807, 2.05) is 0 Å². The van der Waals surface area contributed by atoms with Gasteiger partial charge >= 0.3 is 0 Å². The second-order valence-corrected chi connectivity index (χ2v) is 5.57. The van der Waals surface area contributed by atoms with E-state index in [1.54, 1.807) is 0 Å². The zero-order valence-corrected chi connectivity index (χ0v) is 11.9. The molecule has 19 heavy (non-hydrogen) atoms. The normalized spacial score (nSPS) is 19.2. The van der Waals surface area contributed by atoms with Gasteiger partial charge in [-0.1, -0.05) is 0 Å². The first kappa shape index (κ1) is 14.4. The molecule has 104 valence electrons. The molecular formula is C13H15BrF2N2O. The highest BCUT2D eigenvalue weighted by molar-refractivity contribution is 9.10. The summed E-state index contributed by atoms with van der Waals surface area (Å²) in [6.07, 6.45) is 2.35. The van der Waals surface area contributed by atoms with Gasteiger partial charge in [-0.05, 0) is 53.8 Å². The monoisotopic (exact) mass is 332 g/mol. The van der Waals surface area contributed by atoms with Gasteiger partial charge in [-0.15, -0.1) is 0 Å². The molecule has 1 amide bonds. The number of carbonyl (C=O) groups excluding carboxylic acids is 1. The van der Waals surface area contributed by atoms with Crippen molar-refractivity contribution < 1.29 is 13.6 Å². The molecule has 6 heteroatoms. The molecule has 0 saturated carbocycles. The molecular weight excluding hydrogens is 318 g/mol. The van der Waals surface area contributed by atoms with Crippen LogP contribution in [0.5, 0.6) is 0 Å². The van der Waals surface area contributed by atoms with Gasteiger partial charge in [0, 0.05) is 12.5 Å². The zero-order valence-electron chi connectivity index (χ0n) is 10.3. The minimum atomic E-state index is -0.650. The van der Waals surface area contributed by atoms with Crippen molar-refractivity contribution >= 4 is 27.5 Å². The van der Waals surface area contributed by atoms with Gasteiger partial charge in [-0.25, -0.2) is 8.78 Å². The summed E-state index contributed by atoms with van der Waals surface area (Å²) < 4.78 is 26.9. The van der Waals surface area contributed by atoms with Gasteiger partial charge < -0.3 is 10.6 Å². The van der Waals surface area contributed by atoms with Gasteiger partial charge in [0.25, 0.3) is 0 Å². The fourth-order valence-electron chi connectivity index (χ4n) is 2.18. The summed E-state index contributed by atoms with van der Waals surface area (Å²) in [5, 5.41) is 5.63. The molecule has 2 rings (SSSR count). The summed E-state index contributed by atoms with van der Waals surface area (Å²) in [6, 6.07) is 1.99. The molecule has 0 bridgehead atoms. The van der Waals surface area contributed by atoms with E-state index in [1.165, 1.54) is 0 Å². The predicted molar refractivity (Wildman–Crippen MR) is 72.9 cm³/mol. The second-order valence-electron chi connectivity index (χ2n) is 4.71. The first-order chi connectivity index (χ1) is 9.06. The molecule has 1 saturated heterocycles. The van der Waals surface area contributed by atoms with Crippen molar-refractivity contribution in [1.82, 2.24) is 5.32 Å². The topological polar surface area (TPSA) is 41.1 Å². The van der Waals surface area contributed by atoms with Crippen molar-refractivity contribution in [2.45, 2.75) is 19.3 Å². The van der Waals surface area contributed by atoms with Crippen molar-refractivity contribution in [3.63, 3.8) is 0 Å². The van der Waals surface area contributed by atoms with Crippen LogP contribution in [0.15, 0.2) is 16.6 Å². The van der Waals surface area contributed by atoms with Crippen LogP contribution >= 0.6 is 15.9 Å². The summed E-state index contributed by atoms with van der Waals surface area (Å²) >= 11 is 2.89. The maximum absolute atomic E-state index is 13.5. The van der Waals surface area contributed by atoms with Crippen LogP contribution in [0.3, 0.4) is 0 Å². The number of nitrogens with one attached hydrogen (secondary N) is 2. The van der Waals surface area contributed by atoms with Crippen molar-refractivity contribution in [3.8, 4) is 0 Å². The Morgan fingerprint density at radius 3 is 2.89 bits per heavy atom. The second kappa shape index (κ2) is 6.43. The number of halogens is 3. The zero-order chi connectivity index (χ0) is 13.8. The Hall–Kier alpha value is -1.01. The van der Waals surface area contributed by atoms with Crippen LogP contribution in [0.2, 0.25) is 0 Å². The lowest BCUT2D eigenvalue weighted by atomic mass is 9.96. The Balaban J connectivity index is 1.96. The minimum Gasteiger partial charge on any atom is -0.324 e. The number of rotatable bonds is 3. The Kier molecular flexibility index (Phi) is 4.87. The predicted octanol–water partition coefficient (Wildman–Crippen LogP) is 3.06. The molecule has 0 aliphatic carbocycles. The smallest absolute Gasteiger partial charge is 0.224 e. The van der Waals surface area contributed by atoms with E-state index in [2.05, 4.69) is 26.6 Å². The summed E-state index contributed by atoms with van der Waals surface area (Å²) in [7, 11) is 0. The van der Waals surface area contributed by atoms with E-state index in [0.29, 0.717) is 6.42 Å². The quantitative estimate of drug-likeness (QED) is 0.835. The maximum atomic E-state index is 13.5. The van der Waals surface area contributed by atoms with Crippen LogP contribution in [0.1, 0.15) is 19.3 Å². The Morgan fingerprint density at radius 2 is 2.21 bits per heavy atom. The Labute approximate surface area is 118 Å². The molecule has 3 nitrogen and oxygen atoms in total. The molecule has 1 aliphatic heterocycles. The lowest BCUT2D eigenvalue weighted by Crippen LogP contribution is -2.32. The lowest BCUT2D eigenvalue weighted by Gasteiger charge is -2.22. The average Bonchev–Trinajstić information content (AvgIpc) is 2.37. The maximum Gasteiger partial charge on any atom is 0.224 e. The van der Waals surface area contributed by atoms with Gasteiger partial charge in [0.2, 0.25) is 5.91 Å².